The number of ether oxygens (including phenoxy) is 1. The average molecular weight is 281 g/mol. The molecule has 4 rings (SSSR count). The van der Waals surface area contributed by atoms with Crippen molar-refractivity contribution in [3.63, 3.8) is 0 Å². The predicted octanol–water partition coefficient (Wildman–Crippen LogP) is 3.00. The summed E-state index contributed by atoms with van der Waals surface area (Å²) in [6.07, 6.45) is 0. The summed E-state index contributed by atoms with van der Waals surface area (Å²) in [5.74, 6) is 2.11. The molecule has 0 spiro atoms. The fourth-order valence-electron chi connectivity index (χ4n) is 3.66. The minimum atomic E-state index is 0.378. The van der Waals surface area contributed by atoms with Crippen molar-refractivity contribution in [2.45, 2.75) is 12.5 Å². The normalized spacial score (nSPS) is 24.2. The molecule has 1 fully saturated rings. The Labute approximate surface area is 124 Å². The molecule has 108 valence electrons. The van der Waals surface area contributed by atoms with Gasteiger partial charge in [0, 0.05) is 37.0 Å². The molecule has 0 aliphatic carbocycles. The van der Waals surface area contributed by atoms with Gasteiger partial charge in [-0.2, -0.15) is 0 Å². The van der Waals surface area contributed by atoms with Crippen molar-refractivity contribution < 1.29 is 9.84 Å². The van der Waals surface area contributed by atoms with Gasteiger partial charge in [-0.3, -0.25) is 4.90 Å². The maximum Gasteiger partial charge on any atom is 0.126 e. The Morgan fingerprint density at radius 3 is 2.76 bits per heavy atom. The number of hydrogen-bond acceptors (Lipinski definition) is 3. The molecule has 3 heteroatoms. The van der Waals surface area contributed by atoms with Gasteiger partial charge in [0.2, 0.25) is 0 Å². The van der Waals surface area contributed by atoms with Gasteiger partial charge in [0.05, 0.1) is 6.61 Å². The molecule has 0 aromatic heterocycles. The van der Waals surface area contributed by atoms with E-state index >= 15 is 0 Å². The van der Waals surface area contributed by atoms with E-state index in [4.69, 9.17) is 4.74 Å². The van der Waals surface area contributed by atoms with Crippen molar-refractivity contribution in [1.29, 1.82) is 0 Å². The second kappa shape index (κ2) is 5.08. The van der Waals surface area contributed by atoms with Crippen molar-refractivity contribution in [3.05, 3.63) is 59.7 Å². The van der Waals surface area contributed by atoms with Gasteiger partial charge in [0.1, 0.15) is 11.5 Å². The van der Waals surface area contributed by atoms with Crippen LogP contribution in [0.15, 0.2) is 48.5 Å². The number of benzene rings is 2. The summed E-state index contributed by atoms with van der Waals surface area (Å²) in [4.78, 5) is 2.47. The topological polar surface area (TPSA) is 32.7 Å². The van der Waals surface area contributed by atoms with Gasteiger partial charge < -0.3 is 9.84 Å². The van der Waals surface area contributed by atoms with E-state index in [0.717, 1.165) is 37.6 Å². The highest BCUT2D eigenvalue weighted by Gasteiger charge is 2.40. The van der Waals surface area contributed by atoms with E-state index in [2.05, 4.69) is 35.2 Å². The lowest BCUT2D eigenvalue weighted by Gasteiger charge is -2.28. The van der Waals surface area contributed by atoms with Crippen molar-refractivity contribution in [2.75, 3.05) is 19.7 Å². The smallest absolute Gasteiger partial charge is 0.126 e. The second-order valence-electron chi connectivity index (χ2n) is 6.05. The lowest BCUT2D eigenvalue weighted by Crippen LogP contribution is -2.25. The first kappa shape index (κ1) is 12.7. The zero-order chi connectivity index (χ0) is 14.2. The van der Waals surface area contributed by atoms with Gasteiger partial charge in [-0.1, -0.05) is 36.4 Å². The molecule has 1 N–H and O–H groups in total. The molecule has 0 bridgehead atoms. The van der Waals surface area contributed by atoms with Crippen LogP contribution in [-0.4, -0.2) is 29.7 Å². The number of rotatable bonds is 2. The summed E-state index contributed by atoms with van der Waals surface area (Å²) < 4.78 is 5.83. The minimum absolute atomic E-state index is 0.378. The number of aromatic hydroxyl groups is 1. The SMILES string of the molecule is Oc1cccc2c1[C@H]1CN(Cc3ccccc3)C[C@@H]1CO2. The third-order valence-electron chi connectivity index (χ3n) is 4.63. The lowest BCUT2D eigenvalue weighted by molar-refractivity contribution is 0.209. The van der Waals surface area contributed by atoms with E-state index in [0.29, 0.717) is 17.6 Å². The fraction of sp³-hybridized carbons (Fsp3) is 0.333. The molecule has 2 heterocycles. The highest BCUT2D eigenvalue weighted by Crippen LogP contribution is 2.45. The molecule has 21 heavy (non-hydrogen) atoms. The Balaban J connectivity index is 1.57. The molecule has 2 aromatic rings. The van der Waals surface area contributed by atoms with Gasteiger partial charge in [-0.25, -0.2) is 0 Å². The standard InChI is InChI=1S/C18H19NO2/c20-16-7-4-8-17-18(16)15-11-19(10-14(15)12-21-17)9-13-5-2-1-3-6-13/h1-8,14-15,20H,9-12H2/t14-,15+/m1/s1. The van der Waals surface area contributed by atoms with Crippen molar-refractivity contribution in [3.8, 4) is 11.5 Å². The van der Waals surface area contributed by atoms with Gasteiger partial charge >= 0.3 is 0 Å². The summed E-state index contributed by atoms with van der Waals surface area (Å²) in [7, 11) is 0. The van der Waals surface area contributed by atoms with Crippen LogP contribution < -0.4 is 4.74 Å². The molecule has 0 amide bonds. The summed E-state index contributed by atoms with van der Waals surface area (Å²) in [5.41, 5.74) is 2.35. The van der Waals surface area contributed by atoms with Gasteiger partial charge in [0.25, 0.3) is 0 Å². The molecule has 0 saturated carbocycles. The van der Waals surface area contributed by atoms with E-state index < -0.39 is 0 Å². The number of phenols is 1. The van der Waals surface area contributed by atoms with Crippen LogP contribution >= 0.6 is 0 Å². The van der Waals surface area contributed by atoms with Crippen LogP contribution in [0.4, 0.5) is 0 Å². The monoisotopic (exact) mass is 281 g/mol. The summed E-state index contributed by atoms with van der Waals surface area (Å²) in [6, 6.07) is 16.1. The summed E-state index contributed by atoms with van der Waals surface area (Å²) in [5, 5.41) is 10.2. The van der Waals surface area contributed by atoms with Crippen LogP contribution in [0.5, 0.6) is 11.5 Å². The van der Waals surface area contributed by atoms with Crippen LogP contribution in [0.2, 0.25) is 0 Å². The fourth-order valence-corrected chi connectivity index (χ4v) is 3.66. The Morgan fingerprint density at radius 1 is 1.05 bits per heavy atom. The third kappa shape index (κ3) is 2.28. The molecular weight excluding hydrogens is 262 g/mol. The number of phenolic OH excluding ortho intramolecular Hbond substituents is 1. The molecule has 1 saturated heterocycles. The van der Waals surface area contributed by atoms with Crippen LogP contribution in [-0.2, 0) is 6.54 Å². The molecule has 3 nitrogen and oxygen atoms in total. The van der Waals surface area contributed by atoms with Crippen LogP contribution in [0.25, 0.3) is 0 Å². The van der Waals surface area contributed by atoms with Crippen molar-refractivity contribution >= 4 is 0 Å². The first-order valence-electron chi connectivity index (χ1n) is 7.52. The number of hydrogen-bond donors (Lipinski definition) is 1. The van der Waals surface area contributed by atoms with E-state index in [1.54, 1.807) is 6.07 Å². The molecule has 2 aliphatic heterocycles. The molecule has 2 atom stereocenters. The third-order valence-corrected chi connectivity index (χ3v) is 4.63. The molecule has 2 aromatic carbocycles. The van der Waals surface area contributed by atoms with Crippen molar-refractivity contribution in [2.24, 2.45) is 5.92 Å². The van der Waals surface area contributed by atoms with E-state index in [1.165, 1.54) is 5.56 Å². The minimum Gasteiger partial charge on any atom is -0.508 e. The van der Waals surface area contributed by atoms with E-state index in [1.807, 2.05) is 12.1 Å². The number of fused-ring (bicyclic) bond motifs is 3. The maximum absolute atomic E-state index is 10.2. The van der Waals surface area contributed by atoms with Crippen LogP contribution in [0.3, 0.4) is 0 Å². The van der Waals surface area contributed by atoms with Gasteiger partial charge in [-0.05, 0) is 17.7 Å². The predicted molar refractivity (Wildman–Crippen MR) is 81.6 cm³/mol. The highest BCUT2D eigenvalue weighted by molar-refractivity contribution is 5.48. The summed E-state index contributed by atoms with van der Waals surface area (Å²) in [6.45, 7) is 3.75. The first-order valence-corrected chi connectivity index (χ1v) is 7.52. The second-order valence-corrected chi connectivity index (χ2v) is 6.05. The number of likely N-dealkylation sites (tertiary alicyclic amines) is 1. The Bertz CT molecular complexity index is 641. The molecular formula is C18H19NO2. The average Bonchev–Trinajstić information content (AvgIpc) is 2.90. The van der Waals surface area contributed by atoms with E-state index in [9.17, 15) is 5.11 Å². The zero-order valence-electron chi connectivity index (χ0n) is 11.9. The highest BCUT2D eigenvalue weighted by atomic mass is 16.5. The Morgan fingerprint density at radius 2 is 1.90 bits per heavy atom. The van der Waals surface area contributed by atoms with Gasteiger partial charge in [0.15, 0.2) is 0 Å². The summed E-state index contributed by atoms with van der Waals surface area (Å²) >= 11 is 0. The van der Waals surface area contributed by atoms with Crippen LogP contribution in [0.1, 0.15) is 17.0 Å². The van der Waals surface area contributed by atoms with Crippen LogP contribution in [0, 0.1) is 5.92 Å². The quantitative estimate of drug-likeness (QED) is 0.918. The Hall–Kier alpha value is -2.00. The molecule has 2 aliphatic rings. The lowest BCUT2D eigenvalue weighted by atomic mass is 9.86. The van der Waals surface area contributed by atoms with Crippen molar-refractivity contribution in [1.82, 2.24) is 4.90 Å². The largest absolute Gasteiger partial charge is 0.508 e. The Kier molecular flexibility index (Phi) is 3.08. The molecule has 0 unspecified atom stereocenters. The van der Waals surface area contributed by atoms with E-state index in [-0.39, 0.29) is 0 Å². The zero-order valence-corrected chi connectivity index (χ0v) is 11.9. The van der Waals surface area contributed by atoms with Gasteiger partial charge in [-0.15, -0.1) is 0 Å². The molecule has 0 radical (unpaired) electrons. The first-order chi connectivity index (χ1) is 10.3. The maximum atomic E-state index is 10.2. The number of nitrogens with zero attached hydrogens (tertiary/aromatic N) is 1.